The number of thiocarbonyl (C=S) groups is 1. The molecule has 1 amide bonds. The Morgan fingerprint density at radius 1 is 1.47 bits per heavy atom. The van der Waals surface area contributed by atoms with Crippen LogP contribution in [0.25, 0.3) is 10.2 Å². The third kappa shape index (κ3) is 2.01. The summed E-state index contributed by atoms with van der Waals surface area (Å²) in [6.07, 6.45) is 2.49. The van der Waals surface area contributed by atoms with Gasteiger partial charge in [0.2, 0.25) is 5.91 Å². The van der Waals surface area contributed by atoms with Crippen LogP contribution in [0.2, 0.25) is 0 Å². The molecule has 1 aromatic carbocycles. The fraction of sp³-hybridized carbons (Fsp3) is 0.308. The summed E-state index contributed by atoms with van der Waals surface area (Å²) in [5, 5.41) is 2.92. The van der Waals surface area contributed by atoms with Crippen LogP contribution in [0.1, 0.15) is 19.3 Å². The smallest absolute Gasteiger partial charge is 0.237 e. The van der Waals surface area contributed by atoms with Crippen LogP contribution in [-0.4, -0.2) is 15.9 Å². The monoisotopic (exact) mass is 291 g/mol. The molecule has 19 heavy (non-hydrogen) atoms. The van der Waals surface area contributed by atoms with Crippen LogP contribution in [-0.2, 0) is 4.79 Å². The maximum atomic E-state index is 12.3. The highest BCUT2D eigenvalue weighted by atomic mass is 32.1. The van der Waals surface area contributed by atoms with Crippen LogP contribution < -0.4 is 11.1 Å². The molecule has 0 unspecified atom stereocenters. The van der Waals surface area contributed by atoms with Crippen LogP contribution in [0, 0.1) is 5.41 Å². The molecule has 1 aliphatic rings. The Morgan fingerprint density at radius 3 is 2.89 bits per heavy atom. The number of fused-ring (bicyclic) bond motifs is 1. The van der Waals surface area contributed by atoms with Crippen molar-refractivity contribution in [3.05, 3.63) is 23.7 Å². The van der Waals surface area contributed by atoms with E-state index in [1.165, 1.54) is 0 Å². The highest BCUT2D eigenvalue weighted by Crippen LogP contribution is 2.42. The lowest BCUT2D eigenvalue weighted by Gasteiger charge is -2.39. The number of nitrogens with one attached hydrogen (secondary N) is 1. The van der Waals surface area contributed by atoms with E-state index in [-0.39, 0.29) is 5.91 Å². The van der Waals surface area contributed by atoms with Gasteiger partial charge in [0.15, 0.2) is 0 Å². The second kappa shape index (κ2) is 4.54. The van der Waals surface area contributed by atoms with Crippen molar-refractivity contribution in [3.63, 3.8) is 0 Å². The molecule has 98 valence electrons. The molecule has 4 nitrogen and oxygen atoms in total. The van der Waals surface area contributed by atoms with E-state index in [1.54, 1.807) is 16.8 Å². The first-order valence-corrected chi connectivity index (χ1v) is 7.35. The van der Waals surface area contributed by atoms with Crippen LogP contribution in [0.3, 0.4) is 0 Å². The van der Waals surface area contributed by atoms with E-state index < -0.39 is 5.41 Å². The van der Waals surface area contributed by atoms with Crippen molar-refractivity contribution in [2.45, 2.75) is 19.3 Å². The Labute approximate surface area is 120 Å². The number of carbonyl (C=O) groups is 1. The highest BCUT2D eigenvalue weighted by molar-refractivity contribution is 7.80. The average molecular weight is 291 g/mol. The van der Waals surface area contributed by atoms with E-state index in [1.807, 2.05) is 18.2 Å². The first-order valence-electron chi connectivity index (χ1n) is 6.06. The number of hydrogen-bond donors (Lipinski definition) is 2. The molecule has 2 aromatic rings. The van der Waals surface area contributed by atoms with Crippen LogP contribution >= 0.6 is 23.6 Å². The average Bonchev–Trinajstić information content (AvgIpc) is 2.73. The van der Waals surface area contributed by atoms with Crippen molar-refractivity contribution in [2.24, 2.45) is 11.1 Å². The first-order chi connectivity index (χ1) is 9.12. The molecule has 0 atom stereocenters. The molecule has 1 aliphatic carbocycles. The van der Waals surface area contributed by atoms with Gasteiger partial charge in [-0.05, 0) is 31.0 Å². The van der Waals surface area contributed by atoms with Gasteiger partial charge in [-0.15, -0.1) is 11.3 Å². The van der Waals surface area contributed by atoms with E-state index in [2.05, 4.69) is 10.3 Å². The summed E-state index contributed by atoms with van der Waals surface area (Å²) in [6.45, 7) is 0. The van der Waals surface area contributed by atoms with Crippen molar-refractivity contribution in [3.8, 4) is 0 Å². The summed E-state index contributed by atoms with van der Waals surface area (Å²) in [5.41, 5.74) is 8.58. The number of aromatic nitrogens is 1. The van der Waals surface area contributed by atoms with Gasteiger partial charge in [-0.2, -0.15) is 0 Å². The molecule has 0 aliphatic heterocycles. The zero-order valence-corrected chi connectivity index (χ0v) is 11.8. The Kier molecular flexibility index (Phi) is 2.99. The SMILES string of the molecule is NC(=S)C1(C(=O)Nc2ccc3ncsc3c2)CCC1. The zero-order valence-electron chi connectivity index (χ0n) is 10.2. The topological polar surface area (TPSA) is 68.0 Å². The summed E-state index contributed by atoms with van der Waals surface area (Å²) in [4.78, 5) is 16.9. The largest absolute Gasteiger partial charge is 0.392 e. The van der Waals surface area contributed by atoms with Crippen LogP contribution in [0.5, 0.6) is 0 Å². The lowest BCUT2D eigenvalue weighted by atomic mass is 9.68. The Morgan fingerprint density at radius 2 is 2.26 bits per heavy atom. The number of hydrogen-bond acceptors (Lipinski definition) is 4. The second-order valence-electron chi connectivity index (χ2n) is 4.79. The molecular weight excluding hydrogens is 278 g/mol. The minimum Gasteiger partial charge on any atom is -0.392 e. The van der Waals surface area contributed by atoms with Crippen LogP contribution in [0.15, 0.2) is 23.7 Å². The van der Waals surface area contributed by atoms with Crippen molar-refractivity contribution in [1.82, 2.24) is 4.98 Å². The predicted octanol–water partition coefficient (Wildman–Crippen LogP) is 2.69. The van der Waals surface area contributed by atoms with Crippen molar-refractivity contribution in [2.75, 3.05) is 5.32 Å². The summed E-state index contributed by atoms with van der Waals surface area (Å²) in [7, 11) is 0. The lowest BCUT2D eigenvalue weighted by molar-refractivity contribution is -0.125. The fourth-order valence-corrected chi connectivity index (χ4v) is 3.31. The fourth-order valence-electron chi connectivity index (χ4n) is 2.30. The minimum atomic E-state index is -0.641. The van der Waals surface area contributed by atoms with Gasteiger partial charge in [0.1, 0.15) is 0 Å². The van der Waals surface area contributed by atoms with Gasteiger partial charge in [0, 0.05) is 5.69 Å². The van der Waals surface area contributed by atoms with E-state index in [0.29, 0.717) is 4.99 Å². The molecule has 0 radical (unpaired) electrons. The van der Waals surface area contributed by atoms with Gasteiger partial charge in [0.05, 0.1) is 26.1 Å². The Balaban J connectivity index is 1.84. The molecule has 3 N–H and O–H groups in total. The maximum absolute atomic E-state index is 12.3. The highest BCUT2D eigenvalue weighted by Gasteiger charge is 2.46. The molecule has 0 bridgehead atoms. The van der Waals surface area contributed by atoms with Crippen LogP contribution in [0.4, 0.5) is 5.69 Å². The predicted molar refractivity (Wildman–Crippen MR) is 81.3 cm³/mol. The Hall–Kier alpha value is -1.53. The molecule has 1 saturated carbocycles. The van der Waals surface area contributed by atoms with E-state index in [9.17, 15) is 4.79 Å². The summed E-state index contributed by atoms with van der Waals surface area (Å²) in [6, 6.07) is 5.68. The normalized spacial score (nSPS) is 16.8. The Bertz CT molecular complexity index is 661. The summed E-state index contributed by atoms with van der Waals surface area (Å²) in [5.74, 6) is -0.0879. The maximum Gasteiger partial charge on any atom is 0.237 e. The molecule has 1 fully saturated rings. The third-order valence-electron chi connectivity index (χ3n) is 3.70. The van der Waals surface area contributed by atoms with Gasteiger partial charge >= 0.3 is 0 Å². The molecular formula is C13H13N3OS2. The van der Waals surface area contributed by atoms with Gasteiger partial charge in [-0.1, -0.05) is 18.6 Å². The summed E-state index contributed by atoms with van der Waals surface area (Å²) >= 11 is 6.59. The minimum absolute atomic E-state index is 0.0879. The second-order valence-corrected chi connectivity index (χ2v) is 6.12. The molecule has 0 spiro atoms. The number of thiazole rings is 1. The molecule has 3 rings (SSSR count). The molecule has 6 heteroatoms. The summed E-state index contributed by atoms with van der Waals surface area (Å²) < 4.78 is 1.05. The number of rotatable bonds is 3. The van der Waals surface area contributed by atoms with E-state index in [4.69, 9.17) is 18.0 Å². The lowest BCUT2D eigenvalue weighted by Crippen LogP contribution is -2.50. The zero-order chi connectivity index (χ0) is 13.5. The van der Waals surface area contributed by atoms with Gasteiger partial charge in [-0.3, -0.25) is 4.79 Å². The van der Waals surface area contributed by atoms with Crippen molar-refractivity contribution < 1.29 is 4.79 Å². The number of anilines is 1. The van der Waals surface area contributed by atoms with E-state index in [0.717, 1.165) is 35.2 Å². The number of nitrogens with two attached hydrogens (primary N) is 1. The van der Waals surface area contributed by atoms with Crippen molar-refractivity contribution >= 4 is 50.4 Å². The first kappa shape index (κ1) is 12.5. The third-order valence-corrected chi connectivity index (χ3v) is 4.89. The van der Waals surface area contributed by atoms with Gasteiger partial charge < -0.3 is 11.1 Å². The molecule has 1 aromatic heterocycles. The number of nitrogens with zero attached hydrogens (tertiary/aromatic N) is 1. The number of benzene rings is 1. The van der Waals surface area contributed by atoms with Gasteiger partial charge in [-0.25, -0.2) is 4.98 Å². The van der Waals surface area contributed by atoms with Crippen molar-refractivity contribution in [1.29, 1.82) is 0 Å². The standard InChI is InChI=1S/C13H13N3OS2/c14-11(18)13(4-1-5-13)12(17)16-8-2-3-9-10(6-8)19-7-15-9/h2-3,6-7H,1,4-5H2,(H2,14,18)(H,16,17). The van der Waals surface area contributed by atoms with Gasteiger partial charge in [0.25, 0.3) is 0 Å². The van der Waals surface area contributed by atoms with E-state index >= 15 is 0 Å². The molecule has 0 saturated heterocycles. The number of amides is 1. The number of carbonyl (C=O) groups excluding carboxylic acids is 1. The quantitative estimate of drug-likeness (QED) is 0.853. The molecule has 1 heterocycles.